The van der Waals surface area contributed by atoms with Crippen LogP contribution >= 0.6 is 0 Å². The van der Waals surface area contributed by atoms with E-state index in [0.717, 1.165) is 0 Å². The van der Waals surface area contributed by atoms with Crippen LogP contribution in [-0.2, 0) is 0 Å². The molecule has 11 heavy (non-hydrogen) atoms. The first-order valence-corrected chi connectivity index (χ1v) is 3.28. The molecular weight excluding hydrogens is 145 g/mol. The minimum absolute atomic E-state index is 0.247. The van der Waals surface area contributed by atoms with Crippen molar-refractivity contribution in [2.24, 2.45) is 0 Å². The van der Waals surface area contributed by atoms with Crippen LogP contribution in [0.4, 0.5) is 4.39 Å². The Kier molecular flexibility index (Phi) is 1.18. The Morgan fingerprint density at radius 3 is 3.09 bits per heavy atom. The van der Waals surface area contributed by atoms with E-state index in [2.05, 4.69) is 5.16 Å². The summed E-state index contributed by atoms with van der Waals surface area (Å²) in [6, 6.07) is 3.38. The van der Waals surface area contributed by atoms with Crippen LogP contribution in [0.15, 0.2) is 22.9 Å². The van der Waals surface area contributed by atoms with Gasteiger partial charge in [-0.15, -0.1) is 0 Å². The lowest BCUT2D eigenvalue weighted by atomic mass is 10.2. The summed E-state index contributed by atoms with van der Waals surface area (Å²) in [7, 11) is 0. The number of hydrogen-bond acceptors (Lipinski definition) is 2. The van der Waals surface area contributed by atoms with Crippen LogP contribution in [0.25, 0.3) is 11.0 Å². The van der Waals surface area contributed by atoms with E-state index in [0.29, 0.717) is 16.5 Å². The van der Waals surface area contributed by atoms with Gasteiger partial charge >= 0.3 is 0 Å². The van der Waals surface area contributed by atoms with Gasteiger partial charge in [0.15, 0.2) is 5.58 Å². The minimum Gasteiger partial charge on any atom is -0.356 e. The lowest BCUT2D eigenvalue weighted by Gasteiger charge is -1.93. The second-order valence-electron chi connectivity index (χ2n) is 2.43. The molecule has 0 aliphatic heterocycles. The molecule has 0 atom stereocenters. The number of hydrogen-bond donors (Lipinski definition) is 0. The third-order valence-corrected chi connectivity index (χ3v) is 1.67. The summed E-state index contributed by atoms with van der Waals surface area (Å²) >= 11 is 0. The van der Waals surface area contributed by atoms with Crippen molar-refractivity contribution in [3.8, 4) is 0 Å². The van der Waals surface area contributed by atoms with E-state index in [9.17, 15) is 4.39 Å². The van der Waals surface area contributed by atoms with Gasteiger partial charge in [0.25, 0.3) is 0 Å². The summed E-state index contributed by atoms with van der Waals surface area (Å²) in [4.78, 5) is 0. The molecule has 1 aromatic carbocycles. The van der Waals surface area contributed by atoms with Gasteiger partial charge < -0.3 is 4.52 Å². The Hall–Kier alpha value is -1.38. The fourth-order valence-electron chi connectivity index (χ4n) is 1.02. The predicted molar refractivity (Wildman–Crippen MR) is 38.7 cm³/mol. The standard InChI is InChI=1S/C8H6FNO/c1-5-2-3-7-6(8(5)9)4-10-11-7/h2-4H,1H3. The molecule has 3 heteroatoms. The van der Waals surface area contributed by atoms with Crippen molar-refractivity contribution in [3.63, 3.8) is 0 Å². The second-order valence-corrected chi connectivity index (χ2v) is 2.43. The molecule has 1 aromatic heterocycles. The van der Waals surface area contributed by atoms with E-state index in [1.807, 2.05) is 0 Å². The highest BCUT2D eigenvalue weighted by Gasteiger charge is 2.05. The van der Waals surface area contributed by atoms with Gasteiger partial charge in [-0.3, -0.25) is 0 Å². The average Bonchev–Trinajstić information content (AvgIpc) is 2.45. The van der Waals surface area contributed by atoms with Crippen molar-refractivity contribution in [1.82, 2.24) is 5.16 Å². The molecule has 0 radical (unpaired) electrons. The number of aromatic nitrogens is 1. The Bertz CT molecular complexity index is 394. The van der Waals surface area contributed by atoms with Crippen LogP contribution in [0.3, 0.4) is 0 Å². The number of benzene rings is 1. The number of halogens is 1. The van der Waals surface area contributed by atoms with Crippen LogP contribution in [0, 0.1) is 12.7 Å². The molecule has 0 saturated heterocycles. The van der Waals surface area contributed by atoms with Gasteiger partial charge in [-0.1, -0.05) is 11.2 Å². The predicted octanol–water partition coefficient (Wildman–Crippen LogP) is 2.28. The van der Waals surface area contributed by atoms with Gasteiger partial charge in [0.1, 0.15) is 5.82 Å². The molecule has 2 nitrogen and oxygen atoms in total. The largest absolute Gasteiger partial charge is 0.356 e. The second kappa shape index (κ2) is 2.05. The molecule has 0 aliphatic carbocycles. The topological polar surface area (TPSA) is 26.0 Å². The molecule has 0 spiro atoms. The molecule has 0 amide bonds. The Morgan fingerprint density at radius 1 is 1.45 bits per heavy atom. The maximum Gasteiger partial charge on any atom is 0.169 e. The molecule has 1 heterocycles. The highest BCUT2D eigenvalue weighted by Crippen LogP contribution is 2.19. The SMILES string of the molecule is Cc1ccc2oncc2c1F. The van der Waals surface area contributed by atoms with Crippen molar-refractivity contribution in [1.29, 1.82) is 0 Å². The van der Waals surface area contributed by atoms with Crippen molar-refractivity contribution in [2.45, 2.75) is 6.92 Å². The highest BCUT2D eigenvalue weighted by atomic mass is 19.1. The van der Waals surface area contributed by atoms with Crippen molar-refractivity contribution in [2.75, 3.05) is 0 Å². The zero-order chi connectivity index (χ0) is 7.84. The smallest absolute Gasteiger partial charge is 0.169 e. The van der Waals surface area contributed by atoms with E-state index in [1.54, 1.807) is 19.1 Å². The van der Waals surface area contributed by atoms with Gasteiger partial charge in [-0.25, -0.2) is 4.39 Å². The molecule has 0 N–H and O–H groups in total. The molecule has 2 rings (SSSR count). The number of rotatable bonds is 0. The van der Waals surface area contributed by atoms with Crippen molar-refractivity contribution in [3.05, 3.63) is 29.7 Å². The Labute approximate surface area is 62.6 Å². The van der Waals surface area contributed by atoms with Crippen LogP contribution < -0.4 is 0 Å². The molecular formula is C8H6FNO. The number of aryl methyl sites for hydroxylation is 1. The summed E-state index contributed by atoms with van der Waals surface area (Å²) in [5.41, 5.74) is 1.11. The van der Waals surface area contributed by atoms with E-state index >= 15 is 0 Å². The van der Waals surface area contributed by atoms with Crippen LogP contribution in [0.5, 0.6) is 0 Å². The van der Waals surface area contributed by atoms with E-state index < -0.39 is 0 Å². The normalized spacial score (nSPS) is 10.7. The van der Waals surface area contributed by atoms with Crippen molar-refractivity contribution >= 4 is 11.0 Å². The summed E-state index contributed by atoms with van der Waals surface area (Å²) in [5.74, 6) is -0.247. The summed E-state index contributed by atoms with van der Waals surface area (Å²) < 4.78 is 17.9. The maximum absolute atomic E-state index is 13.1. The van der Waals surface area contributed by atoms with Gasteiger partial charge in [-0.2, -0.15) is 0 Å². The molecule has 2 aromatic rings. The average molecular weight is 151 g/mol. The maximum atomic E-state index is 13.1. The van der Waals surface area contributed by atoms with Crippen LogP contribution in [0.1, 0.15) is 5.56 Å². The van der Waals surface area contributed by atoms with Crippen LogP contribution in [-0.4, -0.2) is 5.16 Å². The zero-order valence-electron chi connectivity index (χ0n) is 5.97. The van der Waals surface area contributed by atoms with Crippen molar-refractivity contribution < 1.29 is 8.91 Å². The Balaban J connectivity index is 2.93. The Morgan fingerprint density at radius 2 is 2.27 bits per heavy atom. The zero-order valence-corrected chi connectivity index (χ0v) is 5.97. The highest BCUT2D eigenvalue weighted by molar-refractivity contribution is 5.77. The van der Waals surface area contributed by atoms with Crippen LogP contribution in [0.2, 0.25) is 0 Å². The molecule has 0 aliphatic rings. The summed E-state index contributed by atoms with van der Waals surface area (Å²) in [5, 5.41) is 3.94. The molecule has 0 unspecified atom stereocenters. The first kappa shape index (κ1) is 6.34. The van der Waals surface area contributed by atoms with Gasteiger partial charge in [0.2, 0.25) is 0 Å². The number of nitrogens with zero attached hydrogens (tertiary/aromatic N) is 1. The van der Waals surface area contributed by atoms with Gasteiger partial charge in [0, 0.05) is 0 Å². The van der Waals surface area contributed by atoms with E-state index in [-0.39, 0.29) is 5.82 Å². The first-order chi connectivity index (χ1) is 5.29. The minimum atomic E-state index is -0.247. The molecule has 56 valence electrons. The number of fused-ring (bicyclic) bond motifs is 1. The molecule has 0 saturated carbocycles. The van der Waals surface area contributed by atoms with E-state index in [1.165, 1.54) is 6.20 Å². The lowest BCUT2D eigenvalue weighted by Crippen LogP contribution is -1.80. The summed E-state index contributed by atoms with van der Waals surface area (Å²) in [6.45, 7) is 1.71. The third kappa shape index (κ3) is 0.808. The fraction of sp³-hybridized carbons (Fsp3) is 0.125. The molecule has 0 bridgehead atoms. The molecule has 0 fully saturated rings. The fourth-order valence-corrected chi connectivity index (χ4v) is 1.02. The quantitative estimate of drug-likeness (QED) is 0.577. The first-order valence-electron chi connectivity index (χ1n) is 3.28. The lowest BCUT2D eigenvalue weighted by molar-refractivity contribution is 0.456. The third-order valence-electron chi connectivity index (χ3n) is 1.67. The summed E-state index contributed by atoms with van der Waals surface area (Å²) in [6.07, 6.45) is 1.39. The van der Waals surface area contributed by atoms with Gasteiger partial charge in [0.05, 0.1) is 11.6 Å². The van der Waals surface area contributed by atoms with Gasteiger partial charge in [-0.05, 0) is 18.6 Å². The van der Waals surface area contributed by atoms with E-state index in [4.69, 9.17) is 4.52 Å². The monoisotopic (exact) mass is 151 g/mol.